The number of hydrogen-bond acceptors (Lipinski definition) is 5. The van der Waals surface area contributed by atoms with Gasteiger partial charge in [-0.3, -0.25) is 19.6 Å². The van der Waals surface area contributed by atoms with E-state index in [2.05, 4.69) is 15.7 Å². The topological polar surface area (TPSA) is 102 Å². The molecule has 0 aliphatic rings. The Morgan fingerprint density at radius 1 is 1.12 bits per heavy atom. The van der Waals surface area contributed by atoms with Gasteiger partial charge in [0.1, 0.15) is 5.69 Å². The third-order valence-electron chi connectivity index (χ3n) is 4.61. The van der Waals surface area contributed by atoms with Crippen LogP contribution in [0.15, 0.2) is 60.9 Å². The van der Waals surface area contributed by atoms with Gasteiger partial charge in [0.2, 0.25) is 5.91 Å². The number of nitro groups is 1. The first-order valence-electron chi connectivity index (χ1n) is 9.64. The number of nitrogens with one attached hydrogen (secondary N) is 2. The number of aromatic nitrogens is 2. The minimum atomic E-state index is -4.68. The monoisotopic (exact) mass is 447 g/mol. The second-order valence-corrected chi connectivity index (χ2v) is 6.96. The maximum Gasteiger partial charge on any atom is 0.416 e. The number of nitro benzene ring substituents is 1. The van der Waals surface area contributed by atoms with E-state index in [1.54, 1.807) is 10.9 Å². The third-order valence-corrected chi connectivity index (χ3v) is 4.61. The highest BCUT2D eigenvalue weighted by molar-refractivity contribution is 5.76. The summed E-state index contributed by atoms with van der Waals surface area (Å²) in [7, 11) is 0. The molecule has 0 bridgehead atoms. The van der Waals surface area contributed by atoms with Crippen molar-refractivity contribution in [1.82, 2.24) is 15.1 Å². The van der Waals surface area contributed by atoms with Crippen LogP contribution in [0.3, 0.4) is 0 Å². The third kappa shape index (κ3) is 6.30. The van der Waals surface area contributed by atoms with Crippen LogP contribution in [0.5, 0.6) is 0 Å². The van der Waals surface area contributed by atoms with Gasteiger partial charge in [0.15, 0.2) is 0 Å². The number of amides is 1. The van der Waals surface area contributed by atoms with Crippen molar-refractivity contribution in [3.05, 3.63) is 87.7 Å². The van der Waals surface area contributed by atoms with E-state index in [0.717, 1.165) is 23.3 Å². The van der Waals surface area contributed by atoms with E-state index in [-0.39, 0.29) is 24.6 Å². The zero-order chi connectivity index (χ0) is 23.1. The molecule has 0 fully saturated rings. The summed E-state index contributed by atoms with van der Waals surface area (Å²) in [6.07, 6.45) is -1.12. The first kappa shape index (κ1) is 22.8. The molecular weight excluding hydrogens is 427 g/mol. The van der Waals surface area contributed by atoms with Gasteiger partial charge in [-0.1, -0.05) is 24.3 Å². The van der Waals surface area contributed by atoms with Crippen molar-refractivity contribution in [2.45, 2.75) is 25.7 Å². The Morgan fingerprint density at radius 3 is 2.47 bits per heavy atom. The molecule has 2 N–H and O–H groups in total. The van der Waals surface area contributed by atoms with E-state index < -0.39 is 22.4 Å². The molecule has 0 radical (unpaired) electrons. The van der Waals surface area contributed by atoms with Crippen molar-refractivity contribution in [1.29, 1.82) is 0 Å². The summed E-state index contributed by atoms with van der Waals surface area (Å²) in [5.74, 6) is -0.298. The molecule has 168 valence electrons. The Balaban J connectivity index is 1.46. The second kappa shape index (κ2) is 9.94. The molecule has 1 amide bonds. The van der Waals surface area contributed by atoms with Gasteiger partial charge in [-0.05, 0) is 29.3 Å². The van der Waals surface area contributed by atoms with E-state index >= 15 is 0 Å². The summed E-state index contributed by atoms with van der Waals surface area (Å²) < 4.78 is 40.1. The van der Waals surface area contributed by atoms with Gasteiger partial charge in [0.05, 0.1) is 17.0 Å². The fraction of sp³-hybridized carbons (Fsp3) is 0.238. The quantitative estimate of drug-likeness (QED) is 0.382. The maximum absolute atomic E-state index is 12.8. The Bertz CT molecular complexity index is 1070. The minimum Gasteiger partial charge on any atom is -0.379 e. The minimum absolute atomic E-state index is 0.00441. The zero-order valence-electron chi connectivity index (χ0n) is 16.8. The molecule has 1 aromatic heterocycles. The van der Waals surface area contributed by atoms with Gasteiger partial charge in [0, 0.05) is 38.0 Å². The molecule has 0 saturated carbocycles. The fourth-order valence-corrected chi connectivity index (χ4v) is 2.95. The Kier molecular flexibility index (Phi) is 7.08. The Labute approximate surface area is 181 Å². The Hall–Kier alpha value is -3.89. The summed E-state index contributed by atoms with van der Waals surface area (Å²) in [5, 5.41) is 20.6. The standard InChI is InChI=1S/C21H20F3N5O3/c22-21(23,24)17-6-7-18(19(12-17)29(31)32)25-10-8-20(30)26-13-15-2-4-16(5-3-15)14-28-11-1-9-27-28/h1-7,9,11-12,25H,8,10,13-14H2,(H,26,30). The summed E-state index contributed by atoms with van der Waals surface area (Å²) in [6, 6.07) is 11.7. The largest absolute Gasteiger partial charge is 0.416 e. The average molecular weight is 447 g/mol. The van der Waals surface area contributed by atoms with E-state index in [0.29, 0.717) is 19.2 Å². The summed E-state index contributed by atoms with van der Waals surface area (Å²) in [6.45, 7) is 0.976. The molecule has 3 aromatic rings. The van der Waals surface area contributed by atoms with Crippen molar-refractivity contribution < 1.29 is 22.9 Å². The van der Waals surface area contributed by atoms with Crippen LogP contribution in [0, 0.1) is 10.1 Å². The molecule has 1 heterocycles. The number of halogens is 3. The lowest BCUT2D eigenvalue weighted by atomic mass is 10.1. The number of nitrogens with zero attached hydrogens (tertiary/aromatic N) is 3. The predicted octanol–water partition coefficient (Wildman–Crippen LogP) is 3.98. The van der Waals surface area contributed by atoms with Crippen molar-refractivity contribution in [3.8, 4) is 0 Å². The number of carbonyl (C=O) groups excluding carboxylic acids is 1. The normalized spacial score (nSPS) is 11.2. The lowest BCUT2D eigenvalue weighted by molar-refractivity contribution is -0.384. The van der Waals surface area contributed by atoms with Crippen molar-refractivity contribution in [3.63, 3.8) is 0 Å². The highest BCUT2D eigenvalue weighted by atomic mass is 19.4. The molecule has 0 unspecified atom stereocenters. The molecule has 2 aromatic carbocycles. The van der Waals surface area contributed by atoms with Crippen molar-refractivity contribution in [2.24, 2.45) is 0 Å². The first-order valence-corrected chi connectivity index (χ1v) is 9.64. The van der Waals surface area contributed by atoms with E-state index in [1.807, 2.05) is 36.5 Å². The molecule has 3 rings (SSSR count). The fourth-order valence-electron chi connectivity index (χ4n) is 2.95. The highest BCUT2D eigenvalue weighted by Gasteiger charge is 2.33. The molecule has 0 atom stereocenters. The summed E-state index contributed by atoms with van der Waals surface area (Å²) in [5.41, 5.74) is 0.0714. The Morgan fingerprint density at radius 2 is 1.84 bits per heavy atom. The number of carbonyl (C=O) groups is 1. The molecule has 8 nitrogen and oxygen atoms in total. The number of anilines is 1. The maximum atomic E-state index is 12.8. The SMILES string of the molecule is O=C(CCNc1ccc(C(F)(F)F)cc1[N+](=O)[O-])NCc1ccc(Cn2cccn2)cc1. The van der Waals surface area contributed by atoms with Crippen LogP contribution in [0.4, 0.5) is 24.5 Å². The van der Waals surface area contributed by atoms with Crippen LogP contribution >= 0.6 is 0 Å². The molecular formula is C21H20F3N5O3. The van der Waals surface area contributed by atoms with E-state index in [4.69, 9.17) is 0 Å². The number of alkyl halides is 3. The summed E-state index contributed by atoms with van der Waals surface area (Å²) >= 11 is 0. The van der Waals surface area contributed by atoms with Gasteiger partial charge >= 0.3 is 6.18 Å². The van der Waals surface area contributed by atoms with Gasteiger partial charge in [0.25, 0.3) is 5.69 Å². The van der Waals surface area contributed by atoms with Crippen molar-refractivity contribution in [2.75, 3.05) is 11.9 Å². The summed E-state index contributed by atoms with van der Waals surface area (Å²) in [4.78, 5) is 22.2. The predicted molar refractivity (Wildman–Crippen MR) is 111 cm³/mol. The second-order valence-electron chi connectivity index (χ2n) is 6.96. The highest BCUT2D eigenvalue weighted by Crippen LogP contribution is 2.34. The van der Waals surface area contributed by atoms with Gasteiger partial charge in [-0.25, -0.2) is 0 Å². The molecule has 11 heteroatoms. The molecule has 0 aliphatic heterocycles. The first-order chi connectivity index (χ1) is 15.2. The number of hydrogen-bond donors (Lipinski definition) is 2. The van der Waals surface area contributed by atoms with Crippen LogP contribution in [0.25, 0.3) is 0 Å². The number of benzene rings is 2. The van der Waals surface area contributed by atoms with Crippen LogP contribution in [0.2, 0.25) is 0 Å². The average Bonchev–Trinajstić information content (AvgIpc) is 3.25. The molecule has 32 heavy (non-hydrogen) atoms. The molecule has 0 aliphatic carbocycles. The molecule has 0 spiro atoms. The number of rotatable bonds is 9. The van der Waals surface area contributed by atoms with E-state index in [1.165, 1.54) is 0 Å². The van der Waals surface area contributed by atoms with E-state index in [9.17, 15) is 28.1 Å². The smallest absolute Gasteiger partial charge is 0.379 e. The van der Waals surface area contributed by atoms with Crippen LogP contribution in [-0.2, 0) is 24.1 Å². The van der Waals surface area contributed by atoms with Crippen LogP contribution in [0.1, 0.15) is 23.1 Å². The lowest BCUT2D eigenvalue weighted by Crippen LogP contribution is -2.25. The zero-order valence-corrected chi connectivity index (χ0v) is 16.8. The van der Waals surface area contributed by atoms with Crippen LogP contribution in [-0.4, -0.2) is 27.2 Å². The van der Waals surface area contributed by atoms with Gasteiger partial charge in [-0.2, -0.15) is 18.3 Å². The molecule has 0 saturated heterocycles. The lowest BCUT2D eigenvalue weighted by Gasteiger charge is -2.11. The van der Waals surface area contributed by atoms with Gasteiger partial charge < -0.3 is 10.6 Å². The van der Waals surface area contributed by atoms with Gasteiger partial charge in [-0.15, -0.1) is 0 Å². The van der Waals surface area contributed by atoms with Crippen LogP contribution < -0.4 is 10.6 Å². The van der Waals surface area contributed by atoms with Crippen molar-refractivity contribution >= 4 is 17.3 Å².